The summed E-state index contributed by atoms with van der Waals surface area (Å²) in [4.78, 5) is 31.0. The Bertz CT molecular complexity index is 658. The number of nitrogens with zero attached hydrogens (tertiary/aromatic N) is 1. The molecule has 0 aliphatic heterocycles. The summed E-state index contributed by atoms with van der Waals surface area (Å²) in [5.74, 6) is -1.29. The summed E-state index contributed by atoms with van der Waals surface area (Å²) in [6, 6.07) is 0. The minimum atomic E-state index is -0.811. The van der Waals surface area contributed by atoms with Crippen molar-refractivity contribution in [1.29, 1.82) is 0 Å². The normalized spacial score (nSPS) is 19.2. The van der Waals surface area contributed by atoms with Gasteiger partial charge in [0.15, 0.2) is 0 Å². The van der Waals surface area contributed by atoms with Gasteiger partial charge in [-0.25, -0.2) is 4.98 Å². The van der Waals surface area contributed by atoms with Crippen LogP contribution in [0.1, 0.15) is 29.2 Å². The largest absolute Gasteiger partial charge is 0.481 e. The van der Waals surface area contributed by atoms with Crippen molar-refractivity contribution in [2.24, 2.45) is 0 Å². The molecular formula is C11H10N2O3S. The van der Waals surface area contributed by atoms with E-state index in [1.165, 1.54) is 17.7 Å². The molecular weight excluding hydrogens is 240 g/mol. The third-order valence-electron chi connectivity index (χ3n) is 3.16. The van der Waals surface area contributed by atoms with Crippen LogP contribution in [0.15, 0.2) is 11.1 Å². The number of rotatable bonds is 1. The van der Waals surface area contributed by atoms with Crippen LogP contribution in [0.5, 0.6) is 0 Å². The summed E-state index contributed by atoms with van der Waals surface area (Å²) < 4.78 is 0. The zero-order chi connectivity index (χ0) is 12.0. The summed E-state index contributed by atoms with van der Waals surface area (Å²) in [5.41, 5.74) is 0.719. The minimum absolute atomic E-state index is 0.168. The highest BCUT2D eigenvalue weighted by atomic mass is 32.1. The maximum atomic E-state index is 11.8. The number of aromatic nitrogens is 2. The molecule has 17 heavy (non-hydrogen) atoms. The van der Waals surface area contributed by atoms with E-state index in [9.17, 15) is 14.7 Å². The predicted octanol–water partition coefficient (Wildman–Crippen LogP) is 1.49. The number of H-pyrrole nitrogens is 1. The number of fused-ring (bicyclic) bond motifs is 3. The first kappa shape index (κ1) is 10.5. The van der Waals surface area contributed by atoms with Gasteiger partial charge in [0.2, 0.25) is 0 Å². The number of hydrogen-bond donors (Lipinski definition) is 2. The van der Waals surface area contributed by atoms with Crippen LogP contribution < -0.4 is 5.56 Å². The third kappa shape index (κ3) is 1.48. The van der Waals surface area contributed by atoms with Crippen molar-refractivity contribution in [2.75, 3.05) is 0 Å². The Morgan fingerprint density at radius 2 is 2.41 bits per heavy atom. The number of carbonyl (C=O) groups is 1. The molecule has 0 fully saturated rings. The highest BCUT2D eigenvalue weighted by Crippen LogP contribution is 2.40. The number of aromatic amines is 1. The third-order valence-corrected chi connectivity index (χ3v) is 4.41. The van der Waals surface area contributed by atoms with Gasteiger partial charge in [-0.1, -0.05) is 0 Å². The minimum Gasteiger partial charge on any atom is -0.481 e. The number of thiophene rings is 1. The van der Waals surface area contributed by atoms with Gasteiger partial charge in [0.05, 0.1) is 17.6 Å². The molecule has 0 radical (unpaired) electrons. The van der Waals surface area contributed by atoms with E-state index in [1.807, 2.05) is 0 Å². The lowest BCUT2D eigenvalue weighted by atomic mass is 9.88. The molecule has 0 saturated carbocycles. The van der Waals surface area contributed by atoms with Crippen molar-refractivity contribution in [3.05, 3.63) is 27.1 Å². The topological polar surface area (TPSA) is 83.0 Å². The van der Waals surface area contributed by atoms with Crippen LogP contribution in [0, 0.1) is 0 Å². The molecule has 0 saturated heterocycles. The highest BCUT2D eigenvalue weighted by Gasteiger charge is 2.30. The lowest BCUT2D eigenvalue weighted by Crippen LogP contribution is -2.17. The first-order valence-corrected chi connectivity index (χ1v) is 6.22. The maximum Gasteiger partial charge on any atom is 0.311 e. The molecule has 3 rings (SSSR count). The molecule has 1 aliphatic rings. The number of aliphatic carboxylic acids is 1. The van der Waals surface area contributed by atoms with Crippen LogP contribution in [0.4, 0.5) is 0 Å². The SMILES string of the molecule is O=C(O)C1CCCc2c1sc1nc[nH]c(=O)c21. The summed E-state index contributed by atoms with van der Waals surface area (Å²) in [6.07, 6.45) is 3.59. The van der Waals surface area contributed by atoms with E-state index in [4.69, 9.17) is 0 Å². The number of carboxylic acid groups (broad SMARTS) is 1. The molecule has 1 unspecified atom stereocenters. The van der Waals surface area contributed by atoms with Gasteiger partial charge in [0.1, 0.15) is 4.83 Å². The number of nitrogens with one attached hydrogen (secondary N) is 1. The smallest absolute Gasteiger partial charge is 0.311 e. The second-order valence-corrected chi connectivity index (χ2v) is 5.17. The Morgan fingerprint density at radius 1 is 1.59 bits per heavy atom. The van der Waals surface area contributed by atoms with Gasteiger partial charge in [0, 0.05) is 4.88 Å². The summed E-state index contributed by atoms with van der Waals surface area (Å²) in [7, 11) is 0. The molecule has 6 heteroatoms. The Morgan fingerprint density at radius 3 is 3.18 bits per heavy atom. The van der Waals surface area contributed by atoms with Crippen LogP contribution in [-0.2, 0) is 11.2 Å². The van der Waals surface area contributed by atoms with Crippen LogP contribution in [0.2, 0.25) is 0 Å². The van der Waals surface area contributed by atoms with E-state index in [0.717, 1.165) is 23.3 Å². The first-order valence-electron chi connectivity index (χ1n) is 5.40. The number of aryl methyl sites for hydroxylation is 1. The molecule has 0 amide bonds. The maximum absolute atomic E-state index is 11.8. The van der Waals surface area contributed by atoms with Crippen LogP contribution in [0.3, 0.4) is 0 Å². The van der Waals surface area contributed by atoms with Crippen molar-refractivity contribution in [1.82, 2.24) is 9.97 Å². The summed E-state index contributed by atoms with van der Waals surface area (Å²) in [6.45, 7) is 0. The fourth-order valence-corrected chi connectivity index (χ4v) is 3.72. The van der Waals surface area contributed by atoms with Crippen molar-refractivity contribution in [3.8, 4) is 0 Å². The van der Waals surface area contributed by atoms with Gasteiger partial charge < -0.3 is 10.1 Å². The lowest BCUT2D eigenvalue weighted by molar-refractivity contribution is -0.139. The molecule has 1 atom stereocenters. The molecule has 2 aromatic heterocycles. The average Bonchev–Trinajstić information content (AvgIpc) is 2.67. The molecule has 1 aliphatic carbocycles. The predicted molar refractivity (Wildman–Crippen MR) is 63.6 cm³/mol. The average molecular weight is 250 g/mol. The van der Waals surface area contributed by atoms with Gasteiger partial charge in [-0.15, -0.1) is 11.3 Å². The number of carboxylic acids is 1. The molecule has 5 nitrogen and oxygen atoms in total. The van der Waals surface area contributed by atoms with E-state index in [2.05, 4.69) is 9.97 Å². The van der Waals surface area contributed by atoms with Gasteiger partial charge >= 0.3 is 5.97 Å². The highest BCUT2D eigenvalue weighted by molar-refractivity contribution is 7.19. The molecule has 0 spiro atoms. The van der Waals surface area contributed by atoms with E-state index in [-0.39, 0.29) is 5.56 Å². The summed E-state index contributed by atoms with van der Waals surface area (Å²) in [5, 5.41) is 9.76. The van der Waals surface area contributed by atoms with Crippen LogP contribution >= 0.6 is 11.3 Å². The fourth-order valence-electron chi connectivity index (χ4n) is 2.40. The fraction of sp³-hybridized carbons (Fsp3) is 0.364. The molecule has 0 aromatic carbocycles. The van der Waals surface area contributed by atoms with Gasteiger partial charge in [-0.3, -0.25) is 9.59 Å². The zero-order valence-corrected chi connectivity index (χ0v) is 9.71. The van der Waals surface area contributed by atoms with Crippen molar-refractivity contribution < 1.29 is 9.90 Å². The Kier molecular flexibility index (Phi) is 2.25. The van der Waals surface area contributed by atoms with Gasteiger partial charge in [-0.2, -0.15) is 0 Å². The van der Waals surface area contributed by atoms with E-state index in [0.29, 0.717) is 16.6 Å². The quantitative estimate of drug-likeness (QED) is 0.803. The van der Waals surface area contributed by atoms with E-state index in [1.54, 1.807) is 0 Å². The molecule has 2 N–H and O–H groups in total. The van der Waals surface area contributed by atoms with Gasteiger partial charge in [0.25, 0.3) is 5.56 Å². The molecule has 2 aromatic rings. The molecule has 88 valence electrons. The van der Waals surface area contributed by atoms with Crippen molar-refractivity contribution in [3.63, 3.8) is 0 Å². The second kappa shape index (κ2) is 3.66. The Hall–Kier alpha value is -1.69. The van der Waals surface area contributed by atoms with Gasteiger partial charge in [-0.05, 0) is 24.8 Å². The monoisotopic (exact) mass is 250 g/mol. The van der Waals surface area contributed by atoms with E-state index < -0.39 is 11.9 Å². The molecule has 2 heterocycles. The number of hydrogen-bond acceptors (Lipinski definition) is 4. The Labute approximate surface area is 100 Å². The standard InChI is InChI=1S/C11H10N2O3S/c14-9-7-5-2-1-3-6(11(15)16)8(5)17-10(7)13-4-12-9/h4,6H,1-3H2,(H,15,16)(H,12,13,14). The molecule has 0 bridgehead atoms. The van der Waals surface area contributed by atoms with E-state index >= 15 is 0 Å². The van der Waals surface area contributed by atoms with Crippen molar-refractivity contribution in [2.45, 2.75) is 25.2 Å². The zero-order valence-electron chi connectivity index (χ0n) is 8.90. The summed E-state index contributed by atoms with van der Waals surface area (Å²) >= 11 is 1.34. The Balaban J connectivity index is 2.33. The van der Waals surface area contributed by atoms with Crippen LogP contribution in [0.25, 0.3) is 10.2 Å². The van der Waals surface area contributed by atoms with Crippen molar-refractivity contribution >= 4 is 27.5 Å². The lowest BCUT2D eigenvalue weighted by Gasteiger charge is -2.17. The first-order chi connectivity index (χ1) is 8.18. The second-order valence-electron chi connectivity index (χ2n) is 4.14. The van der Waals surface area contributed by atoms with Crippen LogP contribution in [-0.4, -0.2) is 21.0 Å².